The number of hydrogen-bond donors (Lipinski definition) is 1. The maximum atomic E-state index is 11.7. The molecule has 0 aliphatic heterocycles. The van der Waals surface area contributed by atoms with Crippen molar-refractivity contribution in [1.82, 2.24) is 14.9 Å². The van der Waals surface area contributed by atoms with Crippen LogP contribution in [-0.4, -0.2) is 39.7 Å². The van der Waals surface area contributed by atoms with E-state index >= 15 is 0 Å². The van der Waals surface area contributed by atoms with Crippen LogP contribution in [0.5, 0.6) is 11.5 Å². The van der Waals surface area contributed by atoms with E-state index < -0.39 is 10.5 Å². The molecule has 0 amide bonds. The zero-order chi connectivity index (χ0) is 19.8. The number of H-pyrrole nitrogens is 1. The number of hydrogen-bond acceptors (Lipinski definition) is 8. The van der Waals surface area contributed by atoms with E-state index in [-0.39, 0.29) is 22.0 Å². The molecule has 0 spiro atoms. The van der Waals surface area contributed by atoms with Crippen LogP contribution in [0.15, 0.2) is 28.2 Å². The Morgan fingerprint density at radius 3 is 2.85 bits per heavy atom. The van der Waals surface area contributed by atoms with Gasteiger partial charge in [0.25, 0.3) is 5.56 Å². The van der Waals surface area contributed by atoms with Crippen LogP contribution in [0.2, 0.25) is 0 Å². The van der Waals surface area contributed by atoms with Crippen LogP contribution in [0, 0.1) is 14.9 Å². The molecule has 1 aromatic carbocycles. The van der Waals surface area contributed by atoms with Crippen molar-refractivity contribution in [3.8, 4) is 11.5 Å². The summed E-state index contributed by atoms with van der Waals surface area (Å²) in [6.45, 7) is 2.40. The number of nitro benzene ring substituents is 1. The van der Waals surface area contributed by atoms with E-state index in [2.05, 4.69) is 22.2 Å². The van der Waals surface area contributed by atoms with Crippen LogP contribution in [-0.2, 0) is 0 Å². The first-order valence-electron chi connectivity index (χ1n) is 8.18. The van der Waals surface area contributed by atoms with Gasteiger partial charge in [-0.25, -0.2) is 0 Å². The topological polar surface area (TPSA) is 125 Å². The van der Waals surface area contributed by atoms with Crippen LogP contribution in [0.3, 0.4) is 0 Å². The molecule has 27 heavy (non-hydrogen) atoms. The minimum atomic E-state index is -0.556. The number of nitrogens with one attached hydrogen (secondary N) is 1. The SMILES string of the molecule is CCCCCOc1c(OC)cc(/C=N\n2c(=O)cn[nH]c2=S)cc1[N+](=O)[O-]. The van der Waals surface area contributed by atoms with Gasteiger partial charge >= 0.3 is 5.69 Å². The van der Waals surface area contributed by atoms with E-state index in [9.17, 15) is 14.9 Å². The lowest BCUT2D eigenvalue weighted by Gasteiger charge is -2.11. The fourth-order valence-corrected chi connectivity index (χ4v) is 2.41. The number of unbranched alkanes of at least 4 members (excludes halogenated alkanes) is 2. The van der Waals surface area contributed by atoms with Gasteiger partial charge in [0.1, 0.15) is 6.20 Å². The third-order valence-electron chi connectivity index (χ3n) is 3.53. The molecule has 0 aliphatic carbocycles. The molecule has 10 nitrogen and oxygen atoms in total. The highest BCUT2D eigenvalue weighted by molar-refractivity contribution is 7.71. The van der Waals surface area contributed by atoms with Crippen LogP contribution < -0.4 is 15.0 Å². The number of aromatic nitrogens is 3. The van der Waals surface area contributed by atoms with Gasteiger partial charge in [-0.1, -0.05) is 19.8 Å². The summed E-state index contributed by atoms with van der Waals surface area (Å²) in [7, 11) is 1.39. The second-order valence-corrected chi connectivity index (χ2v) is 5.84. The highest BCUT2D eigenvalue weighted by Gasteiger charge is 2.22. The molecule has 11 heteroatoms. The molecule has 1 aromatic heterocycles. The highest BCUT2D eigenvalue weighted by Crippen LogP contribution is 2.38. The monoisotopic (exact) mass is 393 g/mol. The summed E-state index contributed by atoms with van der Waals surface area (Å²) in [4.78, 5) is 22.6. The Labute approximate surface area is 159 Å². The van der Waals surface area contributed by atoms with Crippen molar-refractivity contribution < 1.29 is 14.4 Å². The number of methoxy groups -OCH3 is 1. The number of aromatic amines is 1. The highest BCUT2D eigenvalue weighted by atomic mass is 32.1. The first-order chi connectivity index (χ1) is 13.0. The number of ether oxygens (including phenoxy) is 2. The minimum Gasteiger partial charge on any atom is -0.493 e. The fourth-order valence-electron chi connectivity index (χ4n) is 2.22. The summed E-state index contributed by atoms with van der Waals surface area (Å²) in [5.74, 6) is 0.267. The molecule has 2 aromatic rings. The summed E-state index contributed by atoms with van der Waals surface area (Å²) in [6.07, 6.45) is 5.03. The van der Waals surface area contributed by atoms with E-state index in [1.54, 1.807) is 0 Å². The fraction of sp³-hybridized carbons (Fsp3) is 0.375. The predicted octanol–water partition coefficient (Wildman–Crippen LogP) is 2.67. The zero-order valence-electron chi connectivity index (χ0n) is 14.9. The Hall–Kier alpha value is -3.08. The van der Waals surface area contributed by atoms with Gasteiger partial charge < -0.3 is 9.47 Å². The molecular weight excluding hydrogens is 374 g/mol. The third kappa shape index (κ3) is 5.20. The van der Waals surface area contributed by atoms with Crippen molar-refractivity contribution in [2.45, 2.75) is 26.2 Å². The molecule has 0 radical (unpaired) electrons. The summed E-state index contributed by atoms with van der Waals surface area (Å²) >= 11 is 4.94. The van der Waals surface area contributed by atoms with E-state index in [1.165, 1.54) is 25.5 Å². The normalized spacial score (nSPS) is 10.9. The van der Waals surface area contributed by atoms with Crippen molar-refractivity contribution in [1.29, 1.82) is 0 Å². The maximum Gasteiger partial charge on any atom is 0.315 e. The molecule has 0 saturated carbocycles. The van der Waals surface area contributed by atoms with Crippen LogP contribution in [0.1, 0.15) is 31.7 Å². The van der Waals surface area contributed by atoms with Crippen molar-refractivity contribution in [2.75, 3.05) is 13.7 Å². The molecule has 0 saturated heterocycles. The average Bonchev–Trinajstić information content (AvgIpc) is 2.64. The number of rotatable bonds is 9. The Morgan fingerprint density at radius 1 is 1.44 bits per heavy atom. The predicted molar refractivity (Wildman–Crippen MR) is 101 cm³/mol. The molecule has 2 rings (SSSR count). The second kappa shape index (κ2) is 9.57. The van der Waals surface area contributed by atoms with E-state index in [1.807, 2.05) is 0 Å². The Kier molecular flexibility index (Phi) is 7.17. The summed E-state index contributed by atoms with van der Waals surface area (Å²) in [5.41, 5.74) is -0.440. The Morgan fingerprint density at radius 2 is 2.22 bits per heavy atom. The van der Waals surface area contributed by atoms with Crippen molar-refractivity contribution in [3.05, 3.63) is 49.1 Å². The third-order valence-corrected chi connectivity index (χ3v) is 3.79. The van der Waals surface area contributed by atoms with E-state index in [0.717, 1.165) is 30.1 Å². The zero-order valence-corrected chi connectivity index (χ0v) is 15.7. The first kappa shape index (κ1) is 20.2. The average molecular weight is 393 g/mol. The molecule has 0 atom stereocenters. The van der Waals surface area contributed by atoms with Crippen molar-refractivity contribution >= 4 is 24.1 Å². The molecule has 0 aliphatic rings. The smallest absolute Gasteiger partial charge is 0.315 e. The molecular formula is C16H19N5O5S. The van der Waals surface area contributed by atoms with Crippen LogP contribution in [0.4, 0.5) is 5.69 Å². The van der Waals surface area contributed by atoms with Gasteiger partial charge in [-0.2, -0.15) is 14.9 Å². The second-order valence-electron chi connectivity index (χ2n) is 5.45. The Balaban J connectivity index is 2.39. The van der Waals surface area contributed by atoms with Crippen LogP contribution >= 0.6 is 12.2 Å². The molecule has 0 bridgehead atoms. The lowest BCUT2D eigenvalue weighted by molar-refractivity contribution is -0.386. The number of benzene rings is 1. The summed E-state index contributed by atoms with van der Waals surface area (Å²) < 4.78 is 11.7. The standard InChI is InChI=1S/C16H19N5O5S/c1-3-4-5-6-26-15-12(21(23)24)7-11(8-13(15)25-2)9-18-20-14(22)10-17-19-16(20)27/h7-10H,3-6H2,1-2H3,(H,19,27)/b18-9-. The number of nitro groups is 1. The van der Waals surface area contributed by atoms with Gasteiger partial charge in [-0.05, 0) is 24.7 Å². The largest absolute Gasteiger partial charge is 0.493 e. The summed E-state index contributed by atoms with van der Waals surface area (Å²) in [5, 5.41) is 21.4. The van der Waals surface area contributed by atoms with Gasteiger partial charge in [0.05, 0.1) is 24.9 Å². The Bertz CT molecular complexity index is 925. The molecule has 144 valence electrons. The maximum absolute atomic E-state index is 11.7. The number of nitrogens with zero attached hydrogens (tertiary/aromatic N) is 4. The van der Waals surface area contributed by atoms with E-state index in [4.69, 9.17) is 21.7 Å². The summed E-state index contributed by atoms with van der Waals surface area (Å²) in [6, 6.07) is 2.82. The van der Waals surface area contributed by atoms with Gasteiger partial charge in [0.15, 0.2) is 5.75 Å². The van der Waals surface area contributed by atoms with Crippen molar-refractivity contribution in [2.24, 2.45) is 5.10 Å². The minimum absolute atomic E-state index is 0.00362. The van der Waals surface area contributed by atoms with Gasteiger partial charge in [-0.15, -0.1) is 0 Å². The first-order valence-corrected chi connectivity index (χ1v) is 8.59. The lowest BCUT2D eigenvalue weighted by Crippen LogP contribution is -2.18. The van der Waals surface area contributed by atoms with Crippen LogP contribution in [0.25, 0.3) is 0 Å². The van der Waals surface area contributed by atoms with Gasteiger partial charge in [0.2, 0.25) is 10.5 Å². The molecule has 0 fully saturated rings. The molecule has 1 heterocycles. The molecule has 1 N–H and O–H groups in total. The van der Waals surface area contributed by atoms with Gasteiger partial charge in [0, 0.05) is 11.6 Å². The molecule has 0 unspecified atom stereocenters. The quantitative estimate of drug-likeness (QED) is 0.228. The lowest BCUT2D eigenvalue weighted by atomic mass is 10.2. The van der Waals surface area contributed by atoms with Crippen molar-refractivity contribution in [3.63, 3.8) is 0 Å². The van der Waals surface area contributed by atoms with Gasteiger partial charge in [-0.3, -0.25) is 20.0 Å². The van der Waals surface area contributed by atoms with E-state index in [0.29, 0.717) is 12.2 Å².